The number of rotatable bonds is 4. The molecule has 0 bridgehead atoms. The molecular formula is C12H13N5O2S. The molecule has 2 rings (SSSR count). The highest BCUT2D eigenvalue weighted by Crippen LogP contribution is 2.19. The summed E-state index contributed by atoms with van der Waals surface area (Å²) in [5.74, 6) is 0.454. The molecule has 0 aliphatic carbocycles. The Kier molecular flexibility index (Phi) is 3.94. The van der Waals surface area contributed by atoms with Gasteiger partial charge in [-0.2, -0.15) is 5.10 Å². The third-order valence-corrected chi connectivity index (χ3v) is 2.91. The molecule has 0 saturated heterocycles. The number of nitrogens with zero attached hydrogens (tertiary/aromatic N) is 3. The van der Waals surface area contributed by atoms with Crippen LogP contribution in [0.5, 0.6) is 5.75 Å². The molecule has 0 fully saturated rings. The van der Waals surface area contributed by atoms with Crippen LogP contribution in [0, 0.1) is 0 Å². The maximum Gasteiger partial charge on any atom is 0.260 e. The minimum Gasteiger partial charge on any atom is -0.494 e. The largest absolute Gasteiger partial charge is 0.494 e. The Bertz CT molecular complexity index is 668. The van der Waals surface area contributed by atoms with Crippen LogP contribution in [-0.4, -0.2) is 32.8 Å². The highest BCUT2D eigenvalue weighted by molar-refractivity contribution is 7.80. The summed E-state index contributed by atoms with van der Waals surface area (Å²) in [6.07, 6.45) is 4.48. The van der Waals surface area contributed by atoms with Crippen LogP contribution in [0.1, 0.15) is 15.9 Å². The molecule has 0 saturated carbocycles. The molecule has 8 heteroatoms. The summed E-state index contributed by atoms with van der Waals surface area (Å²) in [6.45, 7) is 0. The maximum atomic E-state index is 12.3. The molecule has 0 spiro atoms. The van der Waals surface area contributed by atoms with Crippen molar-refractivity contribution in [3.8, 4) is 5.75 Å². The average molecular weight is 291 g/mol. The van der Waals surface area contributed by atoms with Crippen molar-refractivity contribution < 1.29 is 9.53 Å². The number of hydrogen-bond donors (Lipinski definition) is 2. The van der Waals surface area contributed by atoms with Gasteiger partial charge in [0.05, 0.1) is 30.6 Å². The van der Waals surface area contributed by atoms with Crippen LogP contribution in [0.4, 0.5) is 5.82 Å². The van der Waals surface area contributed by atoms with Crippen molar-refractivity contribution in [1.29, 1.82) is 0 Å². The number of hydrogen-bond acceptors (Lipinski definition) is 5. The van der Waals surface area contributed by atoms with Crippen LogP contribution in [0.2, 0.25) is 0 Å². The van der Waals surface area contributed by atoms with Gasteiger partial charge in [-0.15, -0.1) is 0 Å². The fourth-order valence-electron chi connectivity index (χ4n) is 1.67. The van der Waals surface area contributed by atoms with Crippen molar-refractivity contribution in [2.75, 3.05) is 12.4 Å². The van der Waals surface area contributed by atoms with Gasteiger partial charge in [-0.1, -0.05) is 12.2 Å². The third-order valence-electron chi connectivity index (χ3n) is 2.69. The molecule has 20 heavy (non-hydrogen) atoms. The number of methoxy groups -OCH3 is 1. The number of amides is 1. The number of anilines is 1. The van der Waals surface area contributed by atoms with Crippen molar-refractivity contribution in [2.45, 2.75) is 0 Å². The molecule has 0 unspecified atom stereocenters. The van der Waals surface area contributed by atoms with Crippen LogP contribution >= 0.6 is 12.2 Å². The second kappa shape index (κ2) is 5.66. The van der Waals surface area contributed by atoms with Crippen molar-refractivity contribution in [3.63, 3.8) is 0 Å². The molecule has 104 valence electrons. The smallest absolute Gasteiger partial charge is 0.260 e. The van der Waals surface area contributed by atoms with E-state index >= 15 is 0 Å². The van der Waals surface area contributed by atoms with Gasteiger partial charge in [0, 0.05) is 13.2 Å². The van der Waals surface area contributed by atoms with E-state index in [4.69, 9.17) is 22.7 Å². The molecule has 0 aliphatic heterocycles. The number of pyridine rings is 1. The van der Waals surface area contributed by atoms with Crippen LogP contribution in [-0.2, 0) is 7.05 Å². The summed E-state index contributed by atoms with van der Waals surface area (Å²) < 4.78 is 6.58. The third kappa shape index (κ3) is 2.59. The molecule has 0 aromatic carbocycles. The quantitative estimate of drug-likeness (QED) is 0.806. The molecule has 2 aromatic rings. The molecule has 0 aliphatic rings. The maximum absolute atomic E-state index is 12.3. The lowest BCUT2D eigenvalue weighted by Gasteiger charge is -2.10. The zero-order chi connectivity index (χ0) is 14.7. The lowest BCUT2D eigenvalue weighted by atomic mass is 10.2. The van der Waals surface area contributed by atoms with Gasteiger partial charge in [0.25, 0.3) is 5.91 Å². The van der Waals surface area contributed by atoms with Crippen LogP contribution < -0.4 is 15.8 Å². The first-order valence-corrected chi connectivity index (χ1v) is 6.06. The van der Waals surface area contributed by atoms with Crippen LogP contribution in [0.15, 0.2) is 24.7 Å². The predicted octanol–water partition coefficient (Wildman–Crippen LogP) is 0.710. The first kappa shape index (κ1) is 13.9. The summed E-state index contributed by atoms with van der Waals surface area (Å²) in [6, 6.07) is 1.56. The van der Waals surface area contributed by atoms with Gasteiger partial charge in [0.15, 0.2) is 0 Å². The molecule has 2 heterocycles. The molecule has 0 atom stereocenters. The lowest BCUT2D eigenvalue weighted by molar-refractivity contribution is 0.102. The number of carbonyl (C=O) groups is 1. The highest BCUT2D eigenvalue weighted by Gasteiger charge is 2.17. The SMILES string of the molecule is COc1cnccc1C(=O)Nc1c(C(N)=S)cnn1C. The lowest BCUT2D eigenvalue weighted by Crippen LogP contribution is -2.19. The van der Waals surface area contributed by atoms with Crippen molar-refractivity contribution in [1.82, 2.24) is 14.8 Å². The van der Waals surface area contributed by atoms with E-state index in [1.165, 1.54) is 30.4 Å². The minimum absolute atomic E-state index is 0.162. The van der Waals surface area contributed by atoms with Gasteiger partial charge in [0.2, 0.25) is 0 Å². The summed E-state index contributed by atoms with van der Waals surface area (Å²) in [7, 11) is 3.15. The van der Waals surface area contributed by atoms with Crippen molar-refractivity contribution in [3.05, 3.63) is 35.8 Å². The second-order valence-electron chi connectivity index (χ2n) is 3.92. The Hall–Kier alpha value is -2.48. The Morgan fingerprint density at radius 1 is 1.45 bits per heavy atom. The average Bonchev–Trinajstić information content (AvgIpc) is 2.80. The van der Waals surface area contributed by atoms with Gasteiger partial charge in [-0.3, -0.25) is 14.5 Å². The fraction of sp³-hybridized carbons (Fsp3) is 0.167. The van der Waals surface area contributed by atoms with E-state index in [1.807, 2.05) is 0 Å². The predicted molar refractivity (Wildman–Crippen MR) is 77.8 cm³/mol. The van der Waals surface area contributed by atoms with Gasteiger partial charge >= 0.3 is 0 Å². The summed E-state index contributed by atoms with van der Waals surface area (Å²) in [4.78, 5) is 16.3. The zero-order valence-electron chi connectivity index (χ0n) is 11.0. The number of aromatic nitrogens is 3. The van der Waals surface area contributed by atoms with E-state index < -0.39 is 0 Å². The van der Waals surface area contributed by atoms with Crippen molar-refractivity contribution >= 4 is 28.9 Å². The number of nitrogens with one attached hydrogen (secondary N) is 1. The fourth-order valence-corrected chi connectivity index (χ4v) is 1.82. The first-order chi connectivity index (χ1) is 9.54. The molecule has 1 amide bonds. The summed E-state index contributed by atoms with van der Waals surface area (Å²) in [5.41, 5.74) is 6.45. The first-order valence-electron chi connectivity index (χ1n) is 5.65. The van der Waals surface area contributed by atoms with Gasteiger partial charge in [-0.05, 0) is 6.07 Å². The number of ether oxygens (including phenoxy) is 1. The Balaban J connectivity index is 2.33. The van der Waals surface area contributed by atoms with Gasteiger partial charge < -0.3 is 15.8 Å². The summed E-state index contributed by atoms with van der Waals surface area (Å²) >= 11 is 4.92. The number of thiocarbonyl (C=S) groups is 1. The van der Waals surface area contributed by atoms with Crippen molar-refractivity contribution in [2.24, 2.45) is 12.8 Å². The van der Waals surface area contributed by atoms with E-state index in [-0.39, 0.29) is 10.9 Å². The van der Waals surface area contributed by atoms with E-state index in [9.17, 15) is 4.79 Å². The second-order valence-corrected chi connectivity index (χ2v) is 4.36. The Labute approximate surface area is 120 Å². The Morgan fingerprint density at radius 3 is 2.85 bits per heavy atom. The van der Waals surface area contributed by atoms with E-state index in [0.29, 0.717) is 22.7 Å². The van der Waals surface area contributed by atoms with E-state index in [1.54, 1.807) is 13.1 Å². The molecule has 3 N–H and O–H groups in total. The van der Waals surface area contributed by atoms with E-state index in [0.717, 1.165) is 0 Å². The highest BCUT2D eigenvalue weighted by atomic mass is 32.1. The zero-order valence-corrected chi connectivity index (χ0v) is 11.8. The van der Waals surface area contributed by atoms with Crippen LogP contribution in [0.3, 0.4) is 0 Å². The monoisotopic (exact) mass is 291 g/mol. The molecular weight excluding hydrogens is 278 g/mol. The van der Waals surface area contributed by atoms with Gasteiger partial charge in [0.1, 0.15) is 16.6 Å². The number of carbonyl (C=O) groups excluding carboxylic acids is 1. The normalized spacial score (nSPS) is 10.1. The Morgan fingerprint density at radius 2 is 2.20 bits per heavy atom. The number of nitrogens with two attached hydrogens (primary N) is 1. The molecule has 2 aromatic heterocycles. The van der Waals surface area contributed by atoms with E-state index in [2.05, 4.69) is 15.4 Å². The number of aryl methyl sites for hydroxylation is 1. The topological polar surface area (TPSA) is 95.1 Å². The van der Waals surface area contributed by atoms with Gasteiger partial charge in [-0.25, -0.2) is 0 Å². The summed E-state index contributed by atoms with van der Waals surface area (Å²) in [5, 5.41) is 6.74. The van der Waals surface area contributed by atoms with Crippen LogP contribution in [0.25, 0.3) is 0 Å². The molecule has 0 radical (unpaired) electrons. The minimum atomic E-state index is -0.356. The standard InChI is InChI=1S/C12H13N5O2S/c1-17-11(8(5-15-17)10(13)20)16-12(18)7-3-4-14-6-9(7)19-2/h3-6H,1-2H3,(H2,13,20)(H,16,18). The molecule has 7 nitrogen and oxygen atoms in total.